The Labute approximate surface area is 252 Å². The number of hydrogen-bond donors (Lipinski definition) is 0. The maximum Gasteiger partial charge on any atom is 0.231 e. The lowest BCUT2D eigenvalue weighted by molar-refractivity contribution is -0.148. The molecule has 3 aliphatic rings. The summed E-state index contributed by atoms with van der Waals surface area (Å²) in [6.07, 6.45) is 4.74. The van der Waals surface area contributed by atoms with Gasteiger partial charge in [0.15, 0.2) is 0 Å². The zero-order chi connectivity index (χ0) is 28.8. The van der Waals surface area contributed by atoms with Gasteiger partial charge in [-0.05, 0) is 89.8 Å². The lowest BCUT2D eigenvalue weighted by Crippen LogP contribution is -2.55. The molecule has 0 N–H and O–H groups in total. The van der Waals surface area contributed by atoms with Crippen LogP contribution in [0.15, 0.2) is 24.3 Å². The summed E-state index contributed by atoms with van der Waals surface area (Å²) in [7, 11) is 0. The number of carbonyl (C=O) groups excluding carboxylic acids is 2. The maximum absolute atomic E-state index is 14.1. The third-order valence-corrected chi connectivity index (χ3v) is 9.85. The van der Waals surface area contributed by atoms with Gasteiger partial charge in [0.05, 0.1) is 17.4 Å². The van der Waals surface area contributed by atoms with Gasteiger partial charge in [0.25, 0.3) is 0 Å². The van der Waals surface area contributed by atoms with Crippen LogP contribution in [0, 0.1) is 16.7 Å². The van der Waals surface area contributed by atoms with Gasteiger partial charge in [0, 0.05) is 48.7 Å². The Morgan fingerprint density at radius 1 is 0.975 bits per heavy atom. The molecule has 8 heteroatoms. The highest BCUT2D eigenvalue weighted by Gasteiger charge is 2.47. The van der Waals surface area contributed by atoms with Crippen LogP contribution in [0.4, 0.5) is 4.39 Å². The van der Waals surface area contributed by atoms with Crippen LogP contribution in [0.3, 0.4) is 0 Å². The molecule has 40 heavy (non-hydrogen) atoms. The molecule has 0 spiro atoms. The van der Waals surface area contributed by atoms with Crippen LogP contribution in [-0.2, 0) is 9.59 Å². The Bertz CT molecular complexity index is 1030. The molecule has 2 aliphatic heterocycles. The van der Waals surface area contributed by atoms with Gasteiger partial charge in [0.1, 0.15) is 6.67 Å². The van der Waals surface area contributed by atoms with Crippen molar-refractivity contribution in [2.75, 3.05) is 32.9 Å². The quantitative estimate of drug-likeness (QED) is 0.355. The van der Waals surface area contributed by atoms with Gasteiger partial charge in [-0.2, -0.15) is 0 Å². The van der Waals surface area contributed by atoms with Gasteiger partial charge >= 0.3 is 0 Å². The van der Waals surface area contributed by atoms with Gasteiger partial charge in [-0.3, -0.25) is 14.5 Å². The molecular weight excluding hydrogens is 548 g/mol. The van der Waals surface area contributed by atoms with Crippen LogP contribution in [0.25, 0.3) is 0 Å². The molecule has 1 aromatic rings. The molecule has 1 aromatic carbocycles. The molecule has 0 radical (unpaired) electrons. The topological polar surface area (TPSA) is 43.9 Å². The number of carbonyl (C=O) groups is 2. The molecule has 3 fully saturated rings. The fourth-order valence-corrected chi connectivity index (χ4v) is 6.88. The van der Waals surface area contributed by atoms with Crippen molar-refractivity contribution in [1.29, 1.82) is 0 Å². The zero-order valence-corrected chi connectivity index (χ0v) is 27.1. The smallest absolute Gasteiger partial charge is 0.231 e. The minimum atomic E-state index is -1.05. The molecule has 3 atom stereocenters. The highest BCUT2D eigenvalue weighted by Crippen LogP contribution is 2.41. The summed E-state index contributed by atoms with van der Waals surface area (Å²) in [5, 5.41) is 0.696. The average molecular weight is 599 g/mol. The molecule has 1 saturated carbocycles. The summed E-state index contributed by atoms with van der Waals surface area (Å²) in [5.74, 6) is 0.0156. The van der Waals surface area contributed by atoms with E-state index in [-0.39, 0.29) is 59.1 Å². The van der Waals surface area contributed by atoms with Gasteiger partial charge in [-0.1, -0.05) is 37.6 Å². The zero-order valence-electron chi connectivity index (χ0n) is 25.5. The van der Waals surface area contributed by atoms with Crippen molar-refractivity contribution in [2.45, 2.75) is 104 Å². The molecule has 5 nitrogen and oxygen atoms in total. The van der Waals surface area contributed by atoms with Crippen molar-refractivity contribution in [3.05, 3.63) is 34.9 Å². The third-order valence-electron chi connectivity index (χ3n) is 9.60. The van der Waals surface area contributed by atoms with E-state index >= 15 is 0 Å². The van der Waals surface area contributed by atoms with Crippen LogP contribution in [-0.4, -0.2) is 77.0 Å². The summed E-state index contributed by atoms with van der Waals surface area (Å²) in [6, 6.07) is 7.97. The number of likely N-dealkylation sites (tertiary alicyclic amines) is 2. The van der Waals surface area contributed by atoms with Gasteiger partial charge in [-0.15, -0.1) is 12.4 Å². The first-order valence-corrected chi connectivity index (χ1v) is 15.2. The number of hydrogen-bond acceptors (Lipinski definition) is 3. The van der Waals surface area contributed by atoms with E-state index in [1.54, 1.807) is 13.8 Å². The Morgan fingerprint density at radius 3 is 2.12 bits per heavy atom. The van der Waals surface area contributed by atoms with E-state index in [2.05, 4.69) is 51.7 Å². The summed E-state index contributed by atoms with van der Waals surface area (Å²) in [6.45, 7) is 16.6. The third kappa shape index (κ3) is 7.15. The van der Waals surface area contributed by atoms with Crippen molar-refractivity contribution in [2.24, 2.45) is 16.7 Å². The second-order valence-corrected chi connectivity index (χ2v) is 15.1. The van der Waals surface area contributed by atoms with E-state index < -0.39 is 12.1 Å². The van der Waals surface area contributed by atoms with E-state index in [4.69, 9.17) is 11.6 Å². The lowest BCUT2D eigenvalue weighted by atomic mass is 9.74. The van der Waals surface area contributed by atoms with Crippen molar-refractivity contribution >= 4 is 35.8 Å². The van der Waals surface area contributed by atoms with Crippen LogP contribution in [0.2, 0.25) is 5.02 Å². The Morgan fingerprint density at radius 2 is 1.57 bits per heavy atom. The summed E-state index contributed by atoms with van der Waals surface area (Å²) < 4.78 is 14.0. The van der Waals surface area contributed by atoms with Crippen molar-refractivity contribution in [3.8, 4) is 0 Å². The summed E-state index contributed by atoms with van der Waals surface area (Å²) in [5.41, 5.74) is 0.328. The standard InChI is InChI=1S/C32H49ClFN3O2.ClH/c1-30(2,3)36-19-26(22-8-10-23(33)11-9-22)27(20-36)28(38)35-17-14-25(18-35)37(29(39)32(6,7)21-34)24-12-15-31(4,5)16-13-24;/h8-11,24-27H,12-21H2,1-7H3;1H/t25-,26-,27?;/m0./s1. The average Bonchev–Trinajstić information content (AvgIpc) is 3.53. The van der Waals surface area contributed by atoms with E-state index in [0.717, 1.165) is 44.2 Å². The minimum absolute atomic E-state index is 0. The minimum Gasteiger partial charge on any atom is -0.340 e. The largest absolute Gasteiger partial charge is 0.340 e. The normalized spacial score (nSPS) is 26.0. The maximum atomic E-state index is 14.1. The van der Waals surface area contributed by atoms with Crippen LogP contribution in [0.5, 0.6) is 0 Å². The highest BCUT2D eigenvalue weighted by atomic mass is 35.5. The molecule has 226 valence electrons. The van der Waals surface area contributed by atoms with E-state index in [1.165, 1.54) is 0 Å². The van der Waals surface area contributed by atoms with E-state index in [0.29, 0.717) is 24.7 Å². The fourth-order valence-electron chi connectivity index (χ4n) is 6.75. The number of nitrogens with zero attached hydrogens (tertiary/aromatic N) is 3. The van der Waals surface area contributed by atoms with Crippen molar-refractivity contribution in [1.82, 2.24) is 14.7 Å². The first-order valence-electron chi connectivity index (χ1n) is 14.8. The van der Waals surface area contributed by atoms with Crippen LogP contribution in [0.1, 0.15) is 92.1 Å². The molecule has 0 bridgehead atoms. The SMILES string of the molecule is CC1(C)CCC(N(C(=O)C(C)(C)CF)[C@H]2CCN(C(=O)C3CN(C(C)(C)C)C[C@H]3c3ccc(Cl)cc3)C2)CC1.Cl. The number of alkyl halides is 1. The monoisotopic (exact) mass is 597 g/mol. The second-order valence-electron chi connectivity index (χ2n) is 14.7. The fraction of sp³-hybridized carbons (Fsp3) is 0.750. The van der Waals surface area contributed by atoms with Gasteiger partial charge in [0.2, 0.25) is 11.8 Å². The Hall–Kier alpha value is -1.37. The first kappa shape index (κ1) is 33.1. The predicted molar refractivity (Wildman–Crippen MR) is 164 cm³/mol. The Balaban J connectivity index is 0.00000441. The van der Waals surface area contributed by atoms with Crippen LogP contribution >= 0.6 is 24.0 Å². The number of halogens is 3. The van der Waals surface area contributed by atoms with Gasteiger partial charge in [-0.25, -0.2) is 4.39 Å². The number of amides is 2. The summed E-state index contributed by atoms with van der Waals surface area (Å²) in [4.78, 5) is 34.3. The van der Waals surface area contributed by atoms with Crippen LogP contribution < -0.4 is 0 Å². The van der Waals surface area contributed by atoms with E-state index in [1.807, 2.05) is 21.9 Å². The predicted octanol–water partition coefficient (Wildman–Crippen LogP) is 6.97. The van der Waals surface area contributed by atoms with Gasteiger partial charge < -0.3 is 9.80 Å². The molecule has 2 saturated heterocycles. The molecule has 0 aromatic heterocycles. The molecule has 2 amide bonds. The lowest BCUT2D eigenvalue weighted by Gasteiger charge is -2.45. The molecule has 4 rings (SSSR count). The highest BCUT2D eigenvalue weighted by molar-refractivity contribution is 6.30. The second kappa shape index (κ2) is 12.5. The molecule has 1 unspecified atom stereocenters. The van der Waals surface area contributed by atoms with Crippen molar-refractivity contribution < 1.29 is 14.0 Å². The number of benzene rings is 1. The summed E-state index contributed by atoms with van der Waals surface area (Å²) >= 11 is 6.17. The molecular formula is C32H50Cl2FN3O2. The number of rotatable bonds is 6. The molecule has 1 aliphatic carbocycles. The first-order chi connectivity index (χ1) is 18.1. The Kier molecular flexibility index (Phi) is 10.3. The van der Waals surface area contributed by atoms with E-state index in [9.17, 15) is 14.0 Å². The molecule has 2 heterocycles. The van der Waals surface area contributed by atoms with Crippen molar-refractivity contribution in [3.63, 3.8) is 0 Å².